The number of Topliss-reactive ketones (excluding diaryl/α,β-unsaturated/α-hetero) is 1. The first kappa shape index (κ1) is 24.4. The zero-order valence-electron chi connectivity index (χ0n) is 20.7. The van der Waals surface area contributed by atoms with Crippen molar-refractivity contribution >= 4 is 11.8 Å². The zero-order chi connectivity index (χ0) is 25.9. The van der Waals surface area contributed by atoms with Gasteiger partial charge in [-0.25, -0.2) is 9.18 Å². The predicted molar refractivity (Wildman–Crippen MR) is 136 cm³/mol. The molecule has 7 heteroatoms. The molecule has 0 saturated carbocycles. The summed E-state index contributed by atoms with van der Waals surface area (Å²) in [7, 11) is 1.59. The summed E-state index contributed by atoms with van der Waals surface area (Å²) in [5.41, 5.74) is 4.96. The fourth-order valence-electron chi connectivity index (χ4n) is 5.12. The van der Waals surface area contributed by atoms with Crippen LogP contribution in [0.2, 0.25) is 0 Å². The number of carbonyl (C=O) groups is 2. The maximum absolute atomic E-state index is 13.6. The van der Waals surface area contributed by atoms with Gasteiger partial charge in [-0.15, -0.1) is 0 Å². The Balaban J connectivity index is 1.45. The Labute approximate surface area is 214 Å². The minimum Gasteiger partial charge on any atom is -0.497 e. The van der Waals surface area contributed by atoms with Gasteiger partial charge in [0.25, 0.3) is 0 Å². The summed E-state index contributed by atoms with van der Waals surface area (Å²) in [6.07, 6.45) is 4.17. The Hall–Kier alpha value is -4.26. The molecule has 6 nitrogen and oxygen atoms in total. The Morgan fingerprint density at radius 2 is 1.70 bits per heavy atom. The third-order valence-electron chi connectivity index (χ3n) is 6.96. The van der Waals surface area contributed by atoms with Gasteiger partial charge in [-0.05, 0) is 72.4 Å². The van der Waals surface area contributed by atoms with Gasteiger partial charge in [0.1, 0.15) is 18.2 Å². The lowest BCUT2D eigenvalue weighted by atomic mass is 9.72. The van der Waals surface area contributed by atoms with Crippen molar-refractivity contribution in [2.45, 2.75) is 38.2 Å². The highest BCUT2D eigenvalue weighted by Gasteiger charge is 2.41. The number of methoxy groups -OCH3 is 1. The van der Waals surface area contributed by atoms with E-state index in [0.29, 0.717) is 23.3 Å². The number of halogens is 1. The van der Waals surface area contributed by atoms with Crippen LogP contribution in [0.5, 0.6) is 5.75 Å². The summed E-state index contributed by atoms with van der Waals surface area (Å²) in [5, 5.41) is 3.34. The van der Waals surface area contributed by atoms with Crippen molar-refractivity contribution in [3.63, 3.8) is 0 Å². The minimum atomic E-state index is -0.565. The molecule has 2 aromatic carbocycles. The lowest BCUT2D eigenvalue weighted by Gasteiger charge is -2.36. The van der Waals surface area contributed by atoms with E-state index in [1.54, 1.807) is 31.6 Å². The highest BCUT2D eigenvalue weighted by molar-refractivity contribution is 6.04. The second-order valence-corrected chi connectivity index (χ2v) is 9.27. The number of rotatable bonds is 6. The molecule has 0 amide bonds. The number of dihydropyridines is 1. The smallest absolute Gasteiger partial charge is 0.337 e. The summed E-state index contributed by atoms with van der Waals surface area (Å²) in [4.78, 5) is 31.2. The van der Waals surface area contributed by atoms with E-state index in [1.165, 1.54) is 12.1 Å². The third-order valence-corrected chi connectivity index (χ3v) is 6.96. The molecule has 0 fully saturated rings. The Morgan fingerprint density at radius 1 is 1.00 bits per heavy atom. The maximum atomic E-state index is 13.6. The first-order valence-electron chi connectivity index (χ1n) is 12.1. The number of ether oxygens (including phenoxy) is 2. The van der Waals surface area contributed by atoms with Crippen LogP contribution >= 0.6 is 0 Å². The molecule has 0 saturated heterocycles. The molecule has 188 valence electrons. The summed E-state index contributed by atoms with van der Waals surface area (Å²) in [6, 6.07) is 17.2. The predicted octanol–water partition coefficient (Wildman–Crippen LogP) is 5.33. The van der Waals surface area contributed by atoms with E-state index < -0.39 is 11.9 Å². The summed E-state index contributed by atoms with van der Waals surface area (Å²) in [6.45, 7) is 1.92. The van der Waals surface area contributed by atoms with Crippen LogP contribution in [0.1, 0.15) is 48.3 Å². The molecule has 2 atom stereocenters. The second-order valence-electron chi connectivity index (χ2n) is 9.27. The maximum Gasteiger partial charge on any atom is 0.337 e. The van der Waals surface area contributed by atoms with E-state index in [9.17, 15) is 14.0 Å². The first-order valence-corrected chi connectivity index (χ1v) is 12.1. The van der Waals surface area contributed by atoms with Crippen LogP contribution in [-0.4, -0.2) is 23.8 Å². The van der Waals surface area contributed by atoms with Crippen LogP contribution in [0.3, 0.4) is 0 Å². The number of hydrogen-bond acceptors (Lipinski definition) is 6. The molecule has 3 aromatic rings. The number of esters is 1. The van der Waals surface area contributed by atoms with Crippen LogP contribution in [0.4, 0.5) is 4.39 Å². The largest absolute Gasteiger partial charge is 0.497 e. The van der Waals surface area contributed by atoms with Gasteiger partial charge in [0.15, 0.2) is 5.78 Å². The summed E-state index contributed by atoms with van der Waals surface area (Å²) < 4.78 is 24.4. The van der Waals surface area contributed by atoms with Crippen molar-refractivity contribution in [1.29, 1.82) is 0 Å². The fraction of sp³-hybridized carbons (Fsp3) is 0.233. The van der Waals surface area contributed by atoms with E-state index in [0.717, 1.165) is 28.1 Å². The molecular formula is C30H27FN2O4. The molecule has 2 heterocycles. The molecule has 0 spiro atoms. The van der Waals surface area contributed by atoms with Gasteiger partial charge < -0.3 is 14.8 Å². The molecule has 0 bridgehead atoms. The van der Waals surface area contributed by atoms with Gasteiger partial charge in [0.05, 0.1) is 12.7 Å². The van der Waals surface area contributed by atoms with Crippen molar-refractivity contribution in [1.82, 2.24) is 10.3 Å². The van der Waals surface area contributed by atoms with Crippen LogP contribution < -0.4 is 10.1 Å². The molecule has 1 aromatic heterocycles. The van der Waals surface area contributed by atoms with E-state index in [1.807, 2.05) is 43.3 Å². The minimum absolute atomic E-state index is 0.0437. The Kier molecular flexibility index (Phi) is 6.86. The average Bonchev–Trinajstić information content (AvgIpc) is 2.92. The van der Waals surface area contributed by atoms with Gasteiger partial charge in [-0.3, -0.25) is 9.78 Å². The number of nitrogens with zero attached hydrogens (tertiary/aromatic N) is 1. The fourth-order valence-corrected chi connectivity index (χ4v) is 5.12. The van der Waals surface area contributed by atoms with E-state index in [-0.39, 0.29) is 30.5 Å². The standard InChI is InChI=1S/C30H27FN2O4/c1-18-27(30(35)37-17-19-3-9-24(36-2)10-4-19)28(21-11-13-32-14-12-21)29-25(33-18)15-22(16-26(29)34)20-5-7-23(31)8-6-20/h3-14,22,28,33H,15-17H2,1-2H3/t22-,28-/m1/s1. The number of pyridine rings is 1. The third kappa shape index (κ3) is 5.03. The lowest BCUT2D eigenvalue weighted by molar-refractivity contribution is -0.140. The highest BCUT2D eigenvalue weighted by Crippen LogP contribution is 2.45. The van der Waals surface area contributed by atoms with Gasteiger partial charge >= 0.3 is 5.97 Å². The van der Waals surface area contributed by atoms with Crippen LogP contribution in [0.15, 0.2) is 95.6 Å². The van der Waals surface area contributed by atoms with Crippen LogP contribution in [-0.2, 0) is 20.9 Å². The van der Waals surface area contributed by atoms with Crippen molar-refractivity contribution in [2.75, 3.05) is 7.11 Å². The molecule has 5 rings (SSSR count). The monoisotopic (exact) mass is 498 g/mol. The summed E-state index contributed by atoms with van der Waals surface area (Å²) >= 11 is 0. The van der Waals surface area contributed by atoms with Crippen LogP contribution in [0.25, 0.3) is 0 Å². The first-order chi connectivity index (χ1) is 17.9. The SMILES string of the molecule is COc1ccc(COC(=O)C2=C(C)NC3=C(C(=O)C[C@H](c4ccc(F)cc4)C3)[C@@H]2c2ccncc2)cc1. The molecular weight excluding hydrogens is 471 g/mol. The van der Waals surface area contributed by atoms with E-state index in [2.05, 4.69) is 10.3 Å². The van der Waals surface area contributed by atoms with Gasteiger partial charge in [0, 0.05) is 41.7 Å². The number of hydrogen-bond donors (Lipinski definition) is 1. The van der Waals surface area contributed by atoms with E-state index in [4.69, 9.17) is 9.47 Å². The Morgan fingerprint density at radius 3 is 2.38 bits per heavy atom. The molecule has 37 heavy (non-hydrogen) atoms. The molecule has 0 radical (unpaired) electrons. The Bertz CT molecular complexity index is 1380. The molecule has 0 unspecified atom stereocenters. The molecule has 1 aliphatic heterocycles. The van der Waals surface area contributed by atoms with Crippen molar-refractivity contribution in [3.8, 4) is 5.75 Å². The number of aromatic nitrogens is 1. The highest BCUT2D eigenvalue weighted by atomic mass is 19.1. The molecule has 2 aliphatic rings. The van der Waals surface area contributed by atoms with Gasteiger partial charge in [0.2, 0.25) is 0 Å². The van der Waals surface area contributed by atoms with Gasteiger partial charge in [-0.1, -0.05) is 24.3 Å². The van der Waals surface area contributed by atoms with Crippen LogP contribution in [0, 0.1) is 5.82 Å². The number of ketones is 1. The second kappa shape index (κ2) is 10.4. The number of carbonyl (C=O) groups excluding carboxylic acids is 2. The number of benzene rings is 2. The van der Waals surface area contributed by atoms with Gasteiger partial charge in [-0.2, -0.15) is 0 Å². The lowest BCUT2D eigenvalue weighted by Crippen LogP contribution is -2.36. The zero-order valence-corrected chi connectivity index (χ0v) is 20.7. The molecule has 1 N–H and O–H groups in total. The summed E-state index contributed by atoms with van der Waals surface area (Å²) in [5.74, 6) is -0.758. The normalized spacial score (nSPS) is 19.3. The topological polar surface area (TPSA) is 77.5 Å². The number of allylic oxidation sites excluding steroid dienone is 3. The van der Waals surface area contributed by atoms with E-state index >= 15 is 0 Å². The number of nitrogens with one attached hydrogen (secondary N) is 1. The van der Waals surface area contributed by atoms with Crippen molar-refractivity contribution in [3.05, 3.63) is 118 Å². The quantitative estimate of drug-likeness (QED) is 0.463. The average molecular weight is 499 g/mol. The van der Waals surface area contributed by atoms with Crippen molar-refractivity contribution in [2.24, 2.45) is 0 Å². The molecule has 1 aliphatic carbocycles. The van der Waals surface area contributed by atoms with Crippen molar-refractivity contribution < 1.29 is 23.5 Å².